The monoisotopic (exact) mass is 234 g/mol. The van der Waals surface area contributed by atoms with Crippen molar-refractivity contribution in [3.8, 4) is 5.75 Å². The lowest BCUT2D eigenvalue weighted by Gasteiger charge is -2.02. The lowest BCUT2D eigenvalue weighted by molar-refractivity contribution is -0.202. The second kappa shape index (κ2) is 4.42. The van der Waals surface area contributed by atoms with E-state index in [1.165, 1.54) is 6.07 Å². The molecule has 0 aliphatic heterocycles. The van der Waals surface area contributed by atoms with Gasteiger partial charge in [-0.2, -0.15) is 4.89 Å². The van der Waals surface area contributed by atoms with E-state index < -0.39 is 0 Å². The Bertz CT molecular complexity index is 265. The van der Waals surface area contributed by atoms with Crippen LogP contribution in [0.5, 0.6) is 5.75 Å². The van der Waals surface area contributed by atoms with Crippen molar-refractivity contribution in [1.29, 1.82) is 0 Å². The average Bonchev–Trinajstić information content (AvgIpc) is 2.07. The van der Waals surface area contributed by atoms with Crippen LogP contribution in [0.1, 0.15) is 6.92 Å². The van der Waals surface area contributed by atoms with E-state index in [1.807, 2.05) is 0 Å². The van der Waals surface area contributed by atoms with E-state index in [2.05, 4.69) is 20.8 Å². The minimum absolute atomic E-state index is 0.359. The molecule has 0 aromatic heterocycles. The molecule has 0 saturated heterocycles. The van der Waals surface area contributed by atoms with E-state index in [4.69, 9.17) is 4.89 Å². The van der Waals surface area contributed by atoms with Gasteiger partial charge >= 0.3 is 0 Å². The summed E-state index contributed by atoms with van der Waals surface area (Å²) in [5.74, 6) is -0.00949. The summed E-state index contributed by atoms with van der Waals surface area (Å²) in [6.07, 6.45) is 0. The second-order valence-corrected chi connectivity index (χ2v) is 2.92. The third kappa shape index (κ3) is 2.46. The molecule has 0 fully saturated rings. The highest BCUT2D eigenvalue weighted by Crippen LogP contribution is 2.20. The minimum atomic E-state index is -0.368. The summed E-state index contributed by atoms with van der Waals surface area (Å²) in [6, 6.07) is 4.42. The smallest absolute Gasteiger partial charge is 0.168 e. The number of rotatable bonds is 3. The molecule has 0 aliphatic rings. The fourth-order valence-corrected chi connectivity index (χ4v) is 0.902. The Morgan fingerprint density at radius 3 is 2.83 bits per heavy atom. The molecule has 0 radical (unpaired) electrons. The summed E-state index contributed by atoms with van der Waals surface area (Å²) in [7, 11) is 0. The first-order valence-corrected chi connectivity index (χ1v) is 4.28. The zero-order valence-electron chi connectivity index (χ0n) is 6.51. The molecule has 0 amide bonds. The van der Waals surface area contributed by atoms with Gasteiger partial charge in [0.15, 0.2) is 5.75 Å². The van der Waals surface area contributed by atoms with Gasteiger partial charge < -0.3 is 4.89 Å². The van der Waals surface area contributed by atoms with Gasteiger partial charge in [-0.25, -0.2) is 4.39 Å². The van der Waals surface area contributed by atoms with Crippen LogP contribution in [0.15, 0.2) is 22.7 Å². The Hall–Kier alpha value is -0.610. The molecule has 0 spiro atoms. The lowest BCUT2D eigenvalue weighted by atomic mass is 10.3. The van der Waals surface area contributed by atoms with Gasteiger partial charge in [0.1, 0.15) is 5.82 Å². The first-order valence-electron chi connectivity index (χ1n) is 3.48. The van der Waals surface area contributed by atoms with Crippen LogP contribution in [0.2, 0.25) is 0 Å². The summed E-state index contributed by atoms with van der Waals surface area (Å²) >= 11 is 3.03. The maximum absolute atomic E-state index is 12.8. The summed E-state index contributed by atoms with van der Waals surface area (Å²) in [5, 5.41) is 0. The quantitative estimate of drug-likeness (QED) is 0.592. The molecule has 0 N–H and O–H groups in total. The Morgan fingerprint density at radius 1 is 1.50 bits per heavy atom. The molecule has 0 heterocycles. The van der Waals surface area contributed by atoms with E-state index in [0.29, 0.717) is 16.8 Å². The molecule has 12 heavy (non-hydrogen) atoms. The molecule has 0 saturated carbocycles. The van der Waals surface area contributed by atoms with Gasteiger partial charge in [0.2, 0.25) is 0 Å². The van der Waals surface area contributed by atoms with Crippen LogP contribution < -0.4 is 4.89 Å². The van der Waals surface area contributed by atoms with E-state index in [0.717, 1.165) is 0 Å². The van der Waals surface area contributed by atoms with E-state index in [9.17, 15) is 4.39 Å². The Balaban J connectivity index is 2.69. The fourth-order valence-electron chi connectivity index (χ4n) is 0.656. The largest absolute Gasteiger partial charge is 0.337 e. The van der Waals surface area contributed by atoms with Crippen molar-refractivity contribution >= 4 is 15.9 Å². The molecule has 2 nitrogen and oxygen atoms in total. The normalized spacial score (nSPS) is 9.92. The maximum Gasteiger partial charge on any atom is 0.168 e. The standard InChI is InChI=1S/C8H8BrFO2/c1-2-11-12-6-3-4-7(9)8(10)5-6/h3-5H,2H2,1H3. The second-order valence-electron chi connectivity index (χ2n) is 2.07. The minimum Gasteiger partial charge on any atom is -0.337 e. The first kappa shape index (κ1) is 9.48. The molecule has 0 atom stereocenters. The molecule has 1 aromatic rings. The molecule has 66 valence electrons. The van der Waals surface area contributed by atoms with Gasteiger partial charge in [-0.05, 0) is 35.0 Å². The number of halogens is 2. The third-order valence-corrected chi connectivity index (χ3v) is 1.81. The van der Waals surface area contributed by atoms with Crippen molar-refractivity contribution in [2.24, 2.45) is 0 Å². The Kier molecular flexibility index (Phi) is 3.49. The zero-order chi connectivity index (χ0) is 8.97. The summed E-state index contributed by atoms with van der Waals surface area (Å²) < 4.78 is 13.2. The highest BCUT2D eigenvalue weighted by molar-refractivity contribution is 9.10. The number of benzene rings is 1. The molecule has 1 rings (SSSR count). The van der Waals surface area contributed by atoms with Crippen LogP contribution in [0.3, 0.4) is 0 Å². The SMILES string of the molecule is CCOOc1ccc(Br)c(F)c1. The first-order chi connectivity index (χ1) is 5.74. The van der Waals surface area contributed by atoms with Crippen LogP contribution in [-0.4, -0.2) is 6.61 Å². The van der Waals surface area contributed by atoms with E-state index in [-0.39, 0.29) is 5.82 Å². The van der Waals surface area contributed by atoms with Crippen LogP contribution in [-0.2, 0) is 4.89 Å². The van der Waals surface area contributed by atoms with Crippen molar-refractivity contribution in [2.45, 2.75) is 6.92 Å². The van der Waals surface area contributed by atoms with Crippen LogP contribution in [0.4, 0.5) is 4.39 Å². The van der Waals surface area contributed by atoms with Gasteiger partial charge in [-0.3, -0.25) is 0 Å². The predicted molar refractivity (Wildman–Crippen MR) is 46.4 cm³/mol. The van der Waals surface area contributed by atoms with Crippen LogP contribution in [0, 0.1) is 5.82 Å². The van der Waals surface area contributed by atoms with Crippen LogP contribution >= 0.6 is 15.9 Å². The fraction of sp³-hybridized carbons (Fsp3) is 0.250. The number of hydrogen-bond acceptors (Lipinski definition) is 2. The molecular weight excluding hydrogens is 227 g/mol. The van der Waals surface area contributed by atoms with Crippen molar-refractivity contribution in [1.82, 2.24) is 0 Å². The summed E-state index contributed by atoms with van der Waals surface area (Å²) in [6.45, 7) is 2.22. The Morgan fingerprint density at radius 2 is 2.25 bits per heavy atom. The average molecular weight is 235 g/mol. The van der Waals surface area contributed by atoms with Gasteiger partial charge in [-0.15, -0.1) is 0 Å². The van der Waals surface area contributed by atoms with Gasteiger partial charge in [-0.1, -0.05) is 0 Å². The third-order valence-electron chi connectivity index (χ3n) is 1.16. The summed E-state index contributed by atoms with van der Waals surface area (Å²) in [4.78, 5) is 9.36. The van der Waals surface area contributed by atoms with Gasteiger partial charge in [0.05, 0.1) is 11.1 Å². The molecule has 0 bridgehead atoms. The van der Waals surface area contributed by atoms with Crippen molar-refractivity contribution in [2.75, 3.05) is 6.61 Å². The van der Waals surface area contributed by atoms with Crippen molar-refractivity contribution in [3.63, 3.8) is 0 Å². The zero-order valence-corrected chi connectivity index (χ0v) is 8.10. The highest BCUT2D eigenvalue weighted by atomic mass is 79.9. The summed E-state index contributed by atoms with van der Waals surface area (Å²) in [5.41, 5.74) is 0. The van der Waals surface area contributed by atoms with Crippen molar-refractivity contribution < 1.29 is 14.2 Å². The lowest BCUT2D eigenvalue weighted by Crippen LogP contribution is -1.95. The number of hydrogen-bond donors (Lipinski definition) is 0. The molecular formula is C8H8BrFO2. The predicted octanol–water partition coefficient (Wildman–Crippen LogP) is 2.92. The van der Waals surface area contributed by atoms with Crippen molar-refractivity contribution in [3.05, 3.63) is 28.5 Å². The van der Waals surface area contributed by atoms with E-state index >= 15 is 0 Å². The maximum atomic E-state index is 12.8. The van der Waals surface area contributed by atoms with Crippen LogP contribution in [0.25, 0.3) is 0 Å². The molecule has 0 aliphatic carbocycles. The topological polar surface area (TPSA) is 18.5 Å². The molecule has 0 unspecified atom stereocenters. The van der Waals surface area contributed by atoms with E-state index in [1.54, 1.807) is 19.1 Å². The Labute approximate surface area is 78.4 Å². The highest BCUT2D eigenvalue weighted by Gasteiger charge is 2.01. The molecule has 4 heteroatoms. The van der Waals surface area contributed by atoms with Gasteiger partial charge in [0, 0.05) is 6.07 Å². The molecule has 1 aromatic carbocycles. The van der Waals surface area contributed by atoms with Gasteiger partial charge in [0.25, 0.3) is 0 Å².